The van der Waals surface area contributed by atoms with E-state index in [0.717, 1.165) is 0 Å². The third kappa shape index (κ3) is 16.4. The van der Waals surface area contributed by atoms with E-state index in [9.17, 15) is 122 Å². The molecule has 16 unspecified atom stereocenters. The van der Waals surface area contributed by atoms with Crippen LogP contribution in [0.3, 0.4) is 0 Å². The summed E-state index contributed by atoms with van der Waals surface area (Å²) in [4.78, 5) is 12.7. The molecule has 40 nitrogen and oxygen atoms in total. The summed E-state index contributed by atoms with van der Waals surface area (Å²) in [6.07, 6.45) is -66.6. The fourth-order valence-electron chi connectivity index (χ4n) is 12.7. The summed E-state index contributed by atoms with van der Waals surface area (Å²) in [5, 5.41) is 250. The van der Waals surface area contributed by atoms with E-state index in [4.69, 9.17) is 76.8 Å². The van der Waals surface area contributed by atoms with Gasteiger partial charge in [-0.15, -0.1) is 0 Å². The van der Waals surface area contributed by atoms with Crippen molar-refractivity contribution in [1.29, 1.82) is 0 Å². The Balaban J connectivity index is 1.01. The summed E-state index contributed by atoms with van der Waals surface area (Å²) in [6, 6.07) is -1.54. The van der Waals surface area contributed by atoms with E-state index in [1.165, 1.54) is 13.8 Å². The lowest BCUT2D eigenvalue weighted by Crippen LogP contribution is -2.68. The quantitative estimate of drug-likeness (QED) is 0.0404. The predicted molar refractivity (Wildman–Crippen MR) is 297 cm³/mol. The van der Waals surface area contributed by atoms with Crippen molar-refractivity contribution in [1.82, 2.24) is 0 Å². The minimum absolute atomic E-state index is 0.503. The highest BCUT2D eigenvalue weighted by Gasteiger charge is 2.60. The Morgan fingerprint density at radius 3 is 1.34 bits per heavy atom. The molecule has 95 heavy (non-hydrogen) atoms. The van der Waals surface area contributed by atoms with Crippen LogP contribution in [0.4, 0.5) is 0 Å². The summed E-state index contributed by atoms with van der Waals surface area (Å²) in [5.74, 6) is -7.86. The molecule has 0 aromatic heterocycles. The Morgan fingerprint density at radius 1 is 0.432 bits per heavy atom. The fourth-order valence-corrected chi connectivity index (χ4v) is 12.7. The number of carbonyl (C=O) groups is 1. The lowest BCUT2D eigenvalue weighted by molar-refractivity contribution is -0.401. The van der Waals surface area contributed by atoms with Crippen LogP contribution < -0.4 is 5.73 Å². The monoisotopic (exact) mass is 1390 g/mol. The molecule has 8 fully saturated rings. The number of nitrogens with two attached hydrogens (primary N) is 1. The summed E-state index contributed by atoms with van der Waals surface area (Å²) in [5.41, 5.74) is 5.93. The average Bonchev–Trinajstić information content (AvgIpc) is 0.786. The Hall–Kier alpha value is -2.05. The zero-order valence-electron chi connectivity index (χ0n) is 51.9. The van der Waals surface area contributed by atoms with Crippen molar-refractivity contribution >= 4 is 5.97 Å². The number of aliphatic carboxylic acids is 1. The van der Waals surface area contributed by atoms with E-state index >= 15 is 0 Å². The van der Waals surface area contributed by atoms with Crippen molar-refractivity contribution in [3.05, 3.63) is 0 Å². The van der Waals surface area contributed by atoms with Crippen LogP contribution in [0.5, 0.6) is 0 Å². The molecule has 8 saturated heterocycles. The molecule has 8 rings (SSSR count). The van der Waals surface area contributed by atoms with Gasteiger partial charge in [-0.05, 0) is 6.92 Å². The molecule has 41 atom stereocenters. The molecule has 0 aliphatic carbocycles. The molecule has 0 saturated carbocycles. The maximum Gasteiger partial charge on any atom is 0.364 e. The van der Waals surface area contributed by atoms with Crippen LogP contribution in [-0.4, -0.2) is 409 Å². The minimum Gasteiger partial charge on any atom is -0.477 e. The average molecular weight is 1390 g/mol. The molecular weight excluding hydrogens is 1300 g/mol. The van der Waals surface area contributed by atoms with Gasteiger partial charge in [0.15, 0.2) is 37.7 Å². The molecule has 0 spiro atoms. The van der Waals surface area contributed by atoms with Crippen molar-refractivity contribution in [3.63, 3.8) is 0 Å². The van der Waals surface area contributed by atoms with Gasteiger partial charge in [0.1, 0.15) is 153 Å². The van der Waals surface area contributed by atoms with E-state index in [1.54, 1.807) is 13.8 Å². The number of hydrogen-bond donors (Lipinski definition) is 24. The van der Waals surface area contributed by atoms with Gasteiger partial charge in [0.05, 0.1) is 89.4 Å². The maximum absolute atomic E-state index is 12.7. The molecule has 0 aromatic rings. The van der Waals surface area contributed by atoms with Crippen molar-refractivity contribution in [3.8, 4) is 0 Å². The Bertz CT molecular complexity index is 2360. The Labute approximate surface area is 541 Å². The smallest absolute Gasteiger partial charge is 0.364 e. The molecule has 8 aliphatic heterocycles. The van der Waals surface area contributed by atoms with E-state index in [-0.39, 0.29) is 0 Å². The second kappa shape index (κ2) is 33.4. The van der Waals surface area contributed by atoms with Crippen LogP contribution in [0.1, 0.15) is 34.1 Å². The molecule has 554 valence electrons. The molecule has 25 N–H and O–H groups in total. The van der Waals surface area contributed by atoms with Gasteiger partial charge < -0.3 is 194 Å². The fraction of sp³-hybridized carbons (Fsp3) is 0.982. The standard InChI is InChI=1S/C55H95NO39/c1-14-17(4)83-22(9-60)42(28(14)65)90-48-15(2)29(66)44(24(11-62)86-48)92-52-41(78)46(35(72)25(88-52)12-81-50-39(76)36(73)32(69)20(7-58)84-50)93-53-47(38(75)33(70)21(8-59)85-53)94-49-16(3)30(67)43(23(10-61)87-49)91-51-40(77)37(74)34(71)26(89-51)13-82-55(54(79)80)5-18(63)27(56)45(95-55)31(68)19(64)6-57/h14-53,57-78H,5-13,56H2,1-4H3,(H,79,80)/t14-,15+,16+,17+,18-,19-,20?,21?,22?,23?,24?,25?,26?,27-,28?,29?,30?,31-,32-,33-,34+,35-,36?,37?,38?,39-,40+,41-,42-,43-,44-,45?,46?,47?,48+,49+,50+,51+,52+,53-,55-/m1/s1. The van der Waals surface area contributed by atoms with Gasteiger partial charge in [-0.25, -0.2) is 4.79 Å². The molecule has 0 amide bonds. The number of carboxylic acids is 1. The molecular formula is C55H95NO39. The first-order valence-corrected chi connectivity index (χ1v) is 31.2. The first kappa shape index (κ1) is 78.7. The first-order chi connectivity index (χ1) is 44.8. The summed E-state index contributed by atoms with van der Waals surface area (Å²) in [7, 11) is 0. The number of hydrogen-bond acceptors (Lipinski definition) is 39. The third-order valence-corrected chi connectivity index (χ3v) is 19.1. The SMILES string of the molecule is C[C@@H]1OC(CO)[C@@H](O[C@@H]2OC(CO)[C@@H](O[C@@H]3OC(CO[C@H]4OC(CO)[C@@H](O)C(O)[C@H]4O)[C@@H](O)C(O[C@H]4OC(CO)[C@@H](O)C(O)C4O[C@@H]4OC(CO)[C@@H](O[C@@H]5OC(CO[C@]6(C(=O)O)C[C@@H](O)[C@@H](N)C([C@H](O)[C@H](O)CO)O6)[C@H](O)C(O)[C@@H]5O)C(O)[C@@H]4C)[C@H]3O)C(O)[C@@H]2C)C(O)[C@@H]1C. The Morgan fingerprint density at radius 2 is 0.832 bits per heavy atom. The van der Waals surface area contributed by atoms with Crippen LogP contribution >= 0.6 is 0 Å². The van der Waals surface area contributed by atoms with Gasteiger partial charge >= 0.3 is 5.97 Å². The second-order valence-corrected chi connectivity index (χ2v) is 25.4. The molecule has 0 aromatic carbocycles. The minimum atomic E-state index is -2.91. The van der Waals surface area contributed by atoms with E-state index < -0.39 is 316 Å². The molecule has 0 bridgehead atoms. The van der Waals surface area contributed by atoms with Gasteiger partial charge in [-0.1, -0.05) is 20.8 Å². The number of aliphatic hydroxyl groups excluding tert-OH is 22. The lowest BCUT2D eigenvalue weighted by Gasteiger charge is -2.51. The summed E-state index contributed by atoms with van der Waals surface area (Å²) < 4.78 is 88.2. The van der Waals surface area contributed by atoms with Gasteiger partial charge in [0, 0.05) is 24.2 Å². The lowest BCUT2D eigenvalue weighted by atomic mass is 9.88. The number of ether oxygens (including phenoxy) is 15. The van der Waals surface area contributed by atoms with Crippen LogP contribution in [0.2, 0.25) is 0 Å². The highest BCUT2D eigenvalue weighted by molar-refractivity contribution is 5.76. The van der Waals surface area contributed by atoms with Crippen molar-refractivity contribution in [2.45, 2.75) is 267 Å². The largest absolute Gasteiger partial charge is 0.477 e. The zero-order chi connectivity index (χ0) is 70.1. The topological polar surface area (TPSA) is 647 Å². The normalized spacial score (nSPS) is 51.6. The number of rotatable bonds is 25. The van der Waals surface area contributed by atoms with Crippen molar-refractivity contribution in [2.24, 2.45) is 23.5 Å². The van der Waals surface area contributed by atoms with Crippen molar-refractivity contribution in [2.75, 3.05) is 52.9 Å². The predicted octanol–water partition coefficient (Wildman–Crippen LogP) is -14.4. The molecule has 8 aliphatic rings. The maximum atomic E-state index is 12.7. The summed E-state index contributed by atoms with van der Waals surface area (Å²) in [6.45, 7) is -1.46. The van der Waals surface area contributed by atoms with Gasteiger partial charge in [0.25, 0.3) is 5.79 Å². The Kier molecular flexibility index (Phi) is 27.6. The van der Waals surface area contributed by atoms with Gasteiger partial charge in [-0.3, -0.25) is 0 Å². The molecule has 40 heteroatoms. The molecule has 8 heterocycles. The first-order valence-electron chi connectivity index (χ1n) is 31.2. The van der Waals surface area contributed by atoms with E-state index in [2.05, 4.69) is 0 Å². The van der Waals surface area contributed by atoms with Crippen molar-refractivity contribution < 1.29 is 193 Å². The highest BCUT2D eigenvalue weighted by Crippen LogP contribution is 2.41. The van der Waals surface area contributed by atoms with Crippen LogP contribution in [0.25, 0.3) is 0 Å². The van der Waals surface area contributed by atoms with Crippen LogP contribution in [-0.2, 0) is 75.8 Å². The van der Waals surface area contributed by atoms with E-state index in [1.807, 2.05) is 0 Å². The molecule has 0 radical (unpaired) electrons. The van der Waals surface area contributed by atoms with Gasteiger partial charge in [-0.2, -0.15) is 0 Å². The van der Waals surface area contributed by atoms with Crippen LogP contribution in [0.15, 0.2) is 0 Å². The zero-order valence-corrected chi connectivity index (χ0v) is 51.9. The second-order valence-electron chi connectivity index (χ2n) is 25.4. The van der Waals surface area contributed by atoms with E-state index in [0.29, 0.717) is 0 Å². The van der Waals surface area contributed by atoms with Gasteiger partial charge in [0.2, 0.25) is 0 Å². The third-order valence-electron chi connectivity index (χ3n) is 19.1. The highest BCUT2D eigenvalue weighted by atomic mass is 16.8. The number of carboxylic acid groups (broad SMARTS) is 1. The number of aliphatic hydroxyl groups is 22. The summed E-state index contributed by atoms with van der Waals surface area (Å²) >= 11 is 0. The van der Waals surface area contributed by atoms with Crippen LogP contribution in [0, 0.1) is 17.8 Å².